The van der Waals surface area contributed by atoms with Crippen molar-refractivity contribution in [2.75, 3.05) is 31.1 Å². The molecule has 0 bridgehead atoms. The zero-order valence-corrected chi connectivity index (χ0v) is 18.0. The van der Waals surface area contributed by atoms with Gasteiger partial charge in [0.05, 0.1) is 5.39 Å². The first-order valence-electron chi connectivity index (χ1n) is 10.6. The van der Waals surface area contributed by atoms with E-state index in [2.05, 4.69) is 4.90 Å². The summed E-state index contributed by atoms with van der Waals surface area (Å²) in [6.45, 7) is 4.82. The fourth-order valence-electron chi connectivity index (χ4n) is 4.47. The van der Waals surface area contributed by atoms with Gasteiger partial charge >= 0.3 is 0 Å². The van der Waals surface area contributed by atoms with Gasteiger partial charge < -0.3 is 9.80 Å². The van der Waals surface area contributed by atoms with Gasteiger partial charge in [-0.2, -0.15) is 0 Å². The third kappa shape index (κ3) is 3.39. The smallest absolute Gasteiger partial charge is 0.240 e. The van der Waals surface area contributed by atoms with E-state index in [-0.39, 0.29) is 5.91 Å². The van der Waals surface area contributed by atoms with Crippen LogP contribution in [0.15, 0.2) is 0 Å². The molecule has 0 N–H and O–H groups in total. The lowest BCUT2D eigenvalue weighted by Gasteiger charge is -2.36. The van der Waals surface area contributed by atoms with E-state index in [9.17, 15) is 4.79 Å². The lowest BCUT2D eigenvalue weighted by molar-refractivity contribution is -0.130. The van der Waals surface area contributed by atoms with E-state index < -0.39 is 5.38 Å². The Labute approximate surface area is 175 Å². The molecule has 28 heavy (non-hydrogen) atoms. The van der Waals surface area contributed by atoms with E-state index in [1.807, 2.05) is 16.2 Å². The van der Waals surface area contributed by atoms with E-state index >= 15 is 0 Å². The predicted octanol–water partition coefficient (Wildman–Crippen LogP) is 4.11. The summed E-state index contributed by atoms with van der Waals surface area (Å²) in [7, 11) is 0. The molecular formula is C21H27ClN4OS. The minimum atomic E-state index is -0.452. The Hall–Kier alpha value is -1.40. The van der Waals surface area contributed by atoms with Crippen molar-refractivity contribution in [2.45, 2.75) is 63.2 Å². The van der Waals surface area contributed by atoms with Gasteiger partial charge in [-0.25, -0.2) is 9.97 Å². The van der Waals surface area contributed by atoms with Crippen LogP contribution in [-0.4, -0.2) is 52.3 Å². The fraction of sp³-hybridized carbons (Fsp3) is 0.667. The van der Waals surface area contributed by atoms with Crippen molar-refractivity contribution in [3.8, 4) is 0 Å². The van der Waals surface area contributed by atoms with E-state index in [1.54, 1.807) is 6.92 Å². The number of anilines is 1. The van der Waals surface area contributed by atoms with E-state index in [1.165, 1.54) is 59.2 Å². The summed E-state index contributed by atoms with van der Waals surface area (Å²) in [5.74, 6) is 2.74. The second-order valence-electron chi connectivity index (χ2n) is 8.35. The second kappa shape index (κ2) is 7.45. The number of rotatable bonds is 3. The van der Waals surface area contributed by atoms with Crippen molar-refractivity contribution in [2.24, 2.45) is 0 Å². The van der Waals surface area contributed by atoms with E-state index in [4.69, 9.17) is 21.6 Å². The number of piperazine rings is 1. The number of carbonyl (C=O) groups excluding carboxylic acids is 1. The van der Waals surface area contributed by atoms with Crippen molar-refractivity contribution >= 4 is 44.9 Å². The first-order valence-corrected chi connectivity index (χ1v) is 11.9. The van der Waals surface area contributed by atoms with Crippen LogP contribution in [0.2, 0.25) is 0 Å². The number of nitrogens with zero attached hydrogens (tertiary/aromatic N) is 4. The molecule has 5 nitrogen and oxygen atoms in total. The zero-order valence-electron chi connectivity index (χ0n) is 16.4. The summed E-state index contributed by atoms with van der Waals surface area (Å²) in [6, 6.07) is 0. The van der Waals surface area contributed by atoms with Gasteiger partial charge in [-0.3, -0.25) is 4.79 Å². The molecule has 1 saturated carbocycles. The Morgan fingerprint density at radius 3 is 2.57 bits per heavy atom. The summed E-state index contributed by atoms with van der Waals surface area (Å²) in [6.07, 6.45) is 8.63. The highest BCUT2D eigenvalue weighted by Gasteiger charge is 2.32. The van der Waals surface area contributed by atoms with Gasteiger partial charge in [0, 0.05) is 37.0 Å². The normalized spacial score (nSPS) is 21.5. The number of carbonyl (C=O) groups is 1. The Morgan fingerprint density at radius 2 is 1.86 bits per heavy atom. The molecule has 1 amide bonds. The number of amides is 1. The molecule has 2 aromatic rings. The topological polar surface area (TPSA) is 49.3 Å². The molecular weight excluding hydrogens is 392 g/mol. The maximum absolute atomic E-state index is 12.2. The molecule has 0 spiro atoms. The highest BCUT2D eigenvalue weighted by atomic mass is 35.5. The van der Waals surface area contributed by atoms with Crippen LogP contribution in [0.1, 0.15) is 61.2 Å². The van der Waals surface area contributed by atoms with Crippen LogP contribution in [0.3, 0.4) is 0 Å². The van der Waals surface area contributed by atoms with Gasteiger partial charge in [-0.05, 0) is 51.0 Å². The number of thiophene rings is 1. The predicted molar refractivity (Wildman–Crippen MR) is 115 cm³/mol. The van der Waals surface area contributed by atoms with Crippen molar-refractivity contribution in [3.63, 3.8) is 0 Å². The average molecular weight is 419 g/mol. The molecule has 0 unspecified atom stereocenters. The molecule has 5 rings (SSSR count). The molecule has 150 valence electrons. The van der Waals surface area contributed by atoms with Crippen molar-refractivity contribution in [1.82, 2.24) is 14.9 Å². The third-order valence-corrected chi connectivity index (χ3v) is 7.61. The number of halogens is 1. The average Bonchev–Trinajstić information content (AvgIpc) is 3.52. The highest BCUT2D eigenvalue weighted by molar-refractivity contribution is 7.19. The first kappa shape index (κ1) is 18.6. The van der Waals surface area contributed by atoms with Gasteiger partial charge in [-0.1, -0.05) is 6.42 Å². The molecule has 0 radical (unpaired) electrons. The second-order valence-corrected chi connectivity index (χ2v) is 10.1. The van der Waals surface area contributed by atoms with Crippen LogP contribution in [0, 0.1) is 0 Å². The monoisotopic (exact) mass is 418 g/mol. The number of aryl methyl sites for hydroxylation is 2. The van der Waals surface area contributed by atoms with Crippen LogP contribution < -0.4 is 4.90 Å². The number of alkyl halides is 1. The molecule has 3 heterocycles. The molecule has 2 fully saturated rings. The summed E-state index contributed by atoms with van der Waals surface area (Å²) in [4.78, 5) is 29.3. The molecule has 7 heteroatoms. The molecule has 2 aromatic heterocycles. The largest absolute Gasteiger partial charge is 0.352 e. The third-order valence-electron chi connectivity index (χ3n) is 6.24. The van der Waals surface area contributed by atoms with Gasteiger partial charge in [0.15, 0.2) is 0 Å². The summed E-state index contributed by atoms with van der Waals surface area (Å²) >= 11 is 7.91. The number of fused-ring (bicyclic) bond motifs is 3. The van der Waals surface area contributed by atoms with Crippen molar-refractivity contribution < 1.29 is 4.79 Å². The van der Waals surface area contributed by atoms with Gasteiger partial charge in [0.1, 0.15) is 21.8 Å². The molecule has 2 aliphatic carbocycles. The van der Waals surface area contributed by atoms with Gasteiger partial charge in [0.25, 0.3) is 0 Å². The van der Waals surface area contributed by atoms with E-state index in [0.29, 0.717) is 19.0 Å². The van der Waals surface area contributed by atoms with Crippen LogP contribution >= 0.6 is 22.9 Å². The number of hydrogen-bond donors (Lipinski definition) is 0. The molecule has 1 aliphatic heterocycles. The van der Waals surface area contributed by atoms with E-state index in [0.717, 1.165) is 31.2 Å². The Bertz CT molecular complexity index is 899. The molecule has 1 saturated heterocycles. The maximum atomic E-state index is 12.2. The summed E-state index contributed by atoms with van der Waals surface area (Å²) < 4.78 is 0. The quantitative estimate of drug-likeness (QED) is 0.555. The zero-order chi connectivity index (χ0) is 19.3. The summed E-state index contributed by atoms with van der Waals surface area (Å²) in [5.41, 5.74) is 1.50. The van der Waals surface area contributed by atoms with Crippen LogP contribution in [-0.2, 0) is 17.6 Å². The fourth-order valence-corrected chi connectivity index (χ4v) is 5.88. The SMILES string of the molecule is C[C@@H](Cl)C(=O)N1CCN(c2nc(C3CC3)nc3sc4c(c23)CCCCC4)CC1. The van der Waals surface area contributed by atoms with Gasteiger partial charge in [-0.15, -0.1) is 22.9 Å². The van der Waals surface area contributed by atoms with Gasteiger partial charge in [0.2, 0.25) is 5.91 Å². The number of hydrogen-bond acceptors (Lipinski definition) is 5. The summed E-state index contributed by atoms with van der Waals surface area (Å²) in [5, 5.41) is 0.850. The Balaban J connectivity index is 1.51. The van der Waals surface area contributed by atoms with Crippen LogP contribution in [0.5, 0.6) is 0 Å². The first-order chi connectivity index (χ1) is 13.6. The number of aromatic nitrogens is 2. The van der Waals surface area contributed by atoms with Crippen LogP contribution in [0.25, 0.3) is 10.2 Å². The Morgan fingerprint density at radius 1 is 1.11 bits per heavy atom. The lowest BCUT2D eigenvalue weighted by Crippen LogP contribution is -2.50. The molecule has 3 aliphatic rings. The molecule has 0 aromatic carbocycles. The Kier molecular flexibility index (Phi) is 4.95. The van der Waals surface area contributed by atoms with Crippen molar-refractivity contribution in [3.05, 3.63) is 16.3 Å². The van der Waals surface area contributed by atoms with Crippen LogP contribution in [0.4, 0.5) is 5.82 Å². The minimum Gasteiger partial charge on any atom is -0.352 e. The molecule has 1 atom stereocenters. The minimum absolute atomic E-state index is 0.0391. The standard InChI is InChI=1S/C21H27ClN4OS/c1-13(22)21(27)26-11-9-25(10-12-26)19-17-15-5-3-2-4-6-16(15)28-20(17)24-18(23-19)14-7-8-14/h13-14H,2-12H2,1H3/t13-/m1/s1. The van der Waals surface area contributed by atoms with Crippen molar-refractivity contribution in [1.29, 1.82) is 0 Å². The highest BCUT2D eigenvalue weighted by Crippen LogP contribution is 2.44. The maximum Gasteiger partial charge on any atom is 0.240 e. The lowest BCUT2D eigenvalue weighted by atomic mass is 10.1.